The zero-order chi connectivity index (χ0) is 24.0. The summed E-state index contributed by atoms with van der Waals surface area (Å²) in [5, 5.41) is 5.29. The Labute approximate surface area is 190 Å². The number of carbonyl (C=O) groups excluding carboxylic acids is 4. The average molecular weight is 453 g/mol. The van der Waals surface area contributed by atoms with E-state index in [-0.39, 0.29) is 13.0 Å². The summed E-state index contributed by atoms with van der Waals surface area (Å²) in [4.78, 5) is 50.3. The lowest BCUT2D eigenvalue weighted by Crippen LogP contribution is -2.44. The molecule has 0 aliphatic carbocycles. The number of halogens is 1. The highest BCUT2D eigenvalue weighted by Gasteiger charge is 2.51. The molecule has 4 amide bonds. The molecule has 0 saturated carbocycles. The Morgan fingerprint density at radius 3 is 2.36 bits per heavy atom. The number of anilines is 1. The van der Waals surface area contributed by atoms with Crippen LogP contribution in [-0.2, 0) is 24.7 Å². The number of imide groups is 1. The van der Waals surface area contributed by atoms with E-state index >= 15 is 0 Å². The van der Waals surface area contributed by atoms with Crippen molar-refractivity contribution < 1.29 is 28.3 Å². The lowest BCUT2D eigenvalue weighted by molar-refractivity contribution is -0.137. The summed E-state index contributed by atoms with van der Waals surface area (Å²) in [5.41, 5.74) is 0.278. The summed E-state index contributed by atoms with van der Waals surface area (Å²) in [5.74, 6) is -2.04. The van der Waals surface area contributed by atoms with Crippen LogP contribution in [0, 0.1) is 5.82 Å². The lowest BCUT2D eigenvalue weighted by atomic mass is 9.87. The van der Waals surface area contributed by atoms with Crippen LogP contribution in [-0.4, -0.2) is 41.9 Å². The van der Waals surface area contributed by atoms with E-state index in [9.17, 15) is 23.6 Å². The summed E-state index contributed by atoms with van der Waals surface area (Å²) in [7, 11) is 0. The topological polar surface area (TPSA) is 105 Å². The fourth-order valence-electron chi connectivity index (χ4n) is 3.52. The van der Waals surface area contributed by atoms with Crippen LogP contribution in [0.4, 0.5) is 14.9 Å². The van der Waals surface area contributed by atoms with Crippen molar-refractivity contribution in [3.8, 4) is 0 Å². The highest BCUT2D eigenvalue weighted by molar-refractivity contribution is 6.10. The number of benzene rings is 2. The number of hydrogen-bond donors (Lipinski definition) is 2. The first kappa shape index (κ1) is 23.6. The second kappa shape index (κ2) is 10.1. The minimum Gasteiger partial charge on any atom is -0.463 e. The summed E-state index contributed by atoms with van der Waals surface area (Å²) < 4.78 is 18.1. The molecular formula is C24H24FN3O5. The molecule has 1 aliphatic rings. The van der Waals surface area contributed by atoms with Gasteiger partial charge in [0.1, 0.15) is 17.9 Å². The zero-order valence-electron chi connectivity index (χ0n) is 18.3. The summed E-state index contributed by atoms with van der Waals surface area (Å²) in [6.45, 7) is 3.25. The van der Waals surface area contributed by atoms with E-state index in [1.54, 1.807) is 44.2 Å². The molecule has 9 heteroatoms. The first-order valence-electron chi connectivity index (χ1n) is 10.4. The van der Waals surface area contributed by atoms with E-state index in [1.807, 2.05) is 0 Å². The van der Waals surface area contributed by atoms with Gasteiger partial charge in [0.25, 0.3) is 5.91 Å². The molecule has 2 aromatic carbocycles. The smallest absolute Gasteiger partial charge is 0.330 e. The second-order valence-corrected chi connectivity index (χ2v) is 7.34. The van der Waals surface area contributed by atoms with Crippen LogP contribution >= 0.6 is 0 Å². The SMILES string of the molecule is CCOC(=O)/C=C/c1ccc(NC(=O)CN2C(=O)NC(CC)(c3ccc(F)cc3)C2=O)cc1. The van der Waals surface area contributed by atoms with Gasteiger partial charge in [-0.05, 0) is 54.8 Å². The van der Waals surface area contributed by atoms with Gasteiger partial charge < -0.3 is 15.4 Å². The van der Waals surface area contributed by atoms with Gasteiger partial charge in [0.15, 0.2) is 0 Å². The Morgan fingerprint density at radius 1 is 1.09 bits per heavy atom. The quantitative estimate of drug-likeness (QED) is 0.363. The van der Waals surface area contributed by atoms with Gasteiger partial charge in [-0.25, -0.2) is 14.0 Å². The standard InChI is InChI=1S/C24H24FN3O5/c1-3-24(17-8-10-18(25)11-9-17)22(31)28(23(32)27-24)15-20(29)26-19-12-5-16(6-13-19)7-14-21(30)33-4-2/h5-14H,3-4,15H2,1-2H3,(H,26,29)(H,27,32)/b14-7+. The van der Waals surface area contributed by atoms with Gasteiger partial charge >= 0.3 is 12.0 Å². The number of nitrogens with zero attached hydrogens (tertiary/aromatic N) is 1. The largest absolute Gasteiger partial charge is 0.463 e. The number of amides is 4. The summed E-state index contributed by atoms with van der Waals surface area (Å²) >= 11 is 0. The Kier molecular flexibility index (Phi) is 7.22. The molecular weight excluding hydrogens is 429 g/mol. The molecule has 0 radical (unpaired) electrons. The van der Waals surface area contributed by atoms with Gasteiger partial charge in [0.2, 0.25) is 5.91 Å². The number of urea groups is 1. The molecule has 0 bridgehead atoms. The predicted octanol–water partition coefficient (Wildman–Crippen LogP) is 3.20. The molecule has 1 aliphatic heterocycles. The van der Waals surface area contributed by atoms with Crippen molar-refractivity contribution in [1.82, 2.24) is 10.2 Å². The number of esters is 1. The van der Waals surface area contributed by atoms with Crippen LogP contribution in [0.5, 0.6) is 0 Å². The molecule has 0 aromatic heterocycles. The maximum Gasteiger partial charge on any atom is 0.330 e. The maximum absolute atomic E-state index is 13.3. The minimum absolute atomic E-state index is 0.238. The lowest BCUT2D eigenvalue weighted by Gasteiger charge is -2.25. The Hall–Kier alpha value is -4.01. The van der Waals surface area contributed by atoms with Gasteiger partial charge in [0, 0.05) is 11.8 Å². The van der Waals surface area contributed by atoms with Crippen molar-refractivity contribution in [2.24, 2.45) is 0 Å². The zero-order valence-corrected chi connectivity index (χ0v) is 18.3. The first-order valence-corrected chi connectivity index (χ1v) is 10.4. The maximum atomic E-state index is 13.3. The molecule has 0 spiro atoms. The van der Waals surface area contributed by atoms with Crippen LogP contribution in [0.15, 0.2) is 54.6 Å². The summed E-state index contributed by atoms with van der Waals surface area (Å²) in [6, 6.07) is 11.3. The van der Waals surface area contributed by atoms with Gasteiger partial charge in [-0.2, -0.15) is 0 Å². The number of carbonyl (C=O) groups is 4. The number of rotatable bonds is 8. The molecule has 1 fully saturated rings. The van der Waals surface area contributed by atoms with Crippen molar-refractivity contribution in [2.75, 3.05) is 18.5 Å². The predicted molar refractivity (Wildman–Crippen MR) is 119 cm³/mol. The second-order valence-electron chi connectivity index (χ2n) is 7.34. The number of nitrogens with one attached hydrogen (secondary N) is 2. The molecule has 1 atom stereocenters. The normalized spacial score (nSPS) is 17.8. The molecule has 2 aromatic rings. The van der Waals surface area contributed by atoms with E-state index in [0.29, 0.717) is 11.3 Å². The van der Waals surface area contributed by atoms with Crippen molar-refractivity contribution in [1.29, 1.82) is 0 Å². The van der Waals surface area contributed by atoms with Crippen molar-refractivity contribution in [2.45, 2.75) is 25.8 Å². The number of hydrogen-bond acceptors (Lipinski definition) is 5. The van der Waals surface area contributed by atoms with Crippen LogP contribution in [0.2, 0.25) is 0 Å². The van der Waals surface area contributed by atoms with E-state index in [0.717, 1.165) is 10.5 Å². The third-order valence-corrected chi connectivity index (χ3v) is 5.24. The molecule has 1 saturated heterocycles. The van der Waals surface area contributed by atoms with Crippen LogP contribution in [0.1, 0.15) is 31.4 Å². The fourth-order valence-corrected chi connectivity index (χ4v) is 3.52. The molecule has 33 heavy (non-hydrogen) atoms. The fraction of sp³-hybridized carbons (Fsp3) is 0.250. The van der Waals surface area contributed by atoms with E-state index in [2.05, 4.69) is 10.6 Å². The highest BCUT2D eigenvalue weighted by Crippen LogP contribution is 2.32. The Balaban J connectivity index is 1.65. The molecule has 3 rings (SSSR count). The van der Waals surface area contributed by atoms with Gasteiger partial charge in [-0.3, -0.25) is 14.5 Å². The van der Waals surface area contributed by atoms with E-state index in [1.165, 1.54) is 30.3 Å². The van der Waals surface area contributed by atoms with Crippen molar-refractivity contribution in [3.05, 3.63) is 71.6 Å². The minimum atomic E-state index is -1.35. The molecule has 172 valence electrons. The van der Waals surface area contributed by atoms with Crippen molar-refractivity contribution in [3.63, 3.8) is 0 Å². The van der Waals surface area contributed by atoms with Crippen LogP contribution < -0.4 is 10.6 Å². The third kappa shape index (κ3) is 5.25. The third-order valence-electron chi connectivity index (χ3n) is 5.24. The Bertz CT molecular complexity index is 1080. The van der Waals surface area contributed by atoms with Gasteiger partial charge in [-0.15, -0.1) is 0 Å². The van der Waals surface area contributed by atoms with Crippen LogP contribution in [0.25, 0.3) is 6.08 Å². The summed E-state index contributed by atoms with van der Waals surface area (Å²) in [6.07, 6.45) is 3.12. The molecule has 2 N–H and O–H groups in total. The first-order chi connectivity index (χ1) is 15.8. The molecule has 1 unspecified atom stereocenters. The van der Waals surface area contributed by atoms with Crippen molar-refractivity contribution >= 4 is 35.6 Å². The average Bonchev–Trinajstić information content (AvgIpc) is 3.04. The van der Waals surface area contributed by atoms with Gasteiger partial charge in [-0.1, -0.05) is 31.2 Å². The Morgan fingerprint density at radius 2 is 1.76 bits per heavy atom. The van der Waals surface area contributed by atoms with E-state index in [4.69, 9.17) is 4.74 Å². The molecule has 8 nitrogen and oxygen atoms in total. The highest BCUT2D eigenvalue weighted by atomic mass is 19.1. The molecule has 1 heterocycles. The van der Waals surface area contributed by atoms with Gasteiger partial charge in [0.05, 0.1) is 6.61 Å². The monoisotopic (exact) mass is 453 g/mol. The number of ether oxygens (including phenoxy) is 1. The van der Waals surface area contributed by atoms with E-state index < -0.39 is 41.7 Å². The van der Waals surface area contributed by atoms with Crippen LogP contribution in [0.3, 0.4) is 0 Å².